The van der Waals surface area contributed by atoms with E-state index in [2.05, 4.69) is 15.0 Å². The van der Waals surface area contributed by atoms with Gasteiger partial charge in [-0.05, 0) is 12.1 Å². The summed E-state index contributed by atoms with van der Waals surface area (Å²) in [6, 6.07) is 5.76. The molecule has 2 aromatic heterocycles. The molecule has 2 heterocycles. The van der Waals surface area contributed by atoms with Crippen molar-refractivity contribution in [1.29, 1.82) is 0 Å². The number of nitrogen functional groups attached to an aromatic ring is 2. The topological polar surface area (TPSA) is 90.7 Å². The van der Waals surface area contributed by atoms with Gasteiger partial charge >= 0.3 is 0 Å². The minimum absolute atomic E-state index is 0.0572. The Hall–Kier alpha value is -2.17. The molecule has 1 atom stereocenters. The smallest absolute Gasteiger partial charge is 0.221 e. The zero-order valence-corrected chi connectivity index (χ0v) is 8.96. The minimum atomic E-state index is 0.0572. The van der Waals surface area contributed by atoms with Crippen LogP contribution >= 0.6 is 0 Å². The Morgan fingerprint density at radius 3 is 2.62 bits per heavy atom. The van der Waals surface area contributed by atoms with Gasteiger partial charge in [0, 0.05) is 29.6 Å². The average Bonchev–Trinajstić information content (AvgIpc) is 2.29. The fraction of sp³-hybridized carbons (Fsp3) is 0.182. The van der Waals surface area contributed by atoms with Gasteiger partial charge in [0.2, 0.25) is 5.95 Å². The molecule has 0 aromatic carbocycles. The maximum absolute atomic E-state index is 5.80. The summed E-state index contributed by atoms with van der Waals surface area (Å²) in [6.07, 6.45) is 3.40. The first-order valence-electron chi connectivity index (χ1n) is 4.97. The van der Waals surface area contributed by atoms with Crippen LogP contribution < -0.4 is 11.5 Å². The van der Waals surface area contributed by atoms with E-state index in [9.17, 15) is 0 Å². The summed E-state index contributed by atoms with van der Waals surface area (Å²) in [5.41, 5.74) is 13.0. The van der Waals surface area contributed by atoms with Gasteiger partial charge in [-0.2, -0.15) is 4.98 Å². The van der Waals surface area contributed by atoms with E-state index in [0.29, 0.717) is 5.82 Å². The molecule has 0 aliphatic carbocycles. The van der Waals surface area contributed by atoms with Crippen LogP contribution in [0, 0.1) is 0 Å². The van der Waals surface area contributed by atoms with Gasteiger partial charge in [0.05, 0.1) is 0 Å². The van der Waals surface area contributed by atoms with Crippen molar-refractivity contribution in [2.24, 2.45) is 0 Å². The molecule has 0 amide bonds. The second-order valence-corrected chi connectivity index (χ2v) is 3.55. The molecule has 4 N–H and O–H groups in total. The monoisotopic (exact) mass is 215 g/mol. The second-order valence-electron chi connectivity index (χ2n) is 3.55. The minimum Gasteiger partial charge on any atom is -0.383 e. The number of nitrogens with two attached hydrogens (primary N) is 2. The van der Waals surface area contributed by atoms with E-state index in [1.807, 2.05) is 25.1 Å². The second kappa shape index (κ2) is 4.14. The Morgan fingerprint density at radius 2 is 2.00 bits per heavy atom. The Labute approximate surface area is 93.6 Å². The number of nitrogens with zero attached hydrogens (tertiary/aromatic N) is 3. The van der Waals surface area contributed by atoms with E-state index in [1.165, 1.54) is 0 Å². The van der Waals surface area contributed by atoms with E-state index in [0.717, 1.165) is 11.3 Å². The van der Waals surface area contributed by atoms with Gasteiger partial charge in [-0.25, -0.2) is 4.98 Å². The molecule has 0 bridgehead atoms. The zero-order valence-electron chi connectivity index (χ0n) is 8.96. The molecule has 0 radical (unpaired) electrons. The Morgan fingerprint density at radius 1 is 1.19 bits per heavy atom. The number of hydrogen-bond donors (Lipinski definition) is 2. The van der Waals surface area contributed by atoms with Gasteiger partial charge in [0.15, 0.2) is 0 Å². The van der Waals surface area contributed by atoms with Crippen LogP contribution in [0.15, 0.2) is 30.6 Å². The first kappa shape index (κ1) is 10.4. The van der Waals surface area contributed by atoms with Crippen molar-refractivity contribution < 1.29 is 0 Å². The third kappa shape index (κ3) is 1.93. The summed E-state index contributed by atoms with van der Waals surface area (Å²) in [5, 5.41) is 0. The fourth-order valence-corrected chi connectivity index (χ4v) is 1.54. The number of anilines is 2. The molecule has 2 rings (SSSR count). The highest BCUT2D eigenvalue weighted by molar-refractivity contribution is 5.45. The number of pyridine rings is 1. The summed E-state index contributed by atoms with van der Waals surface area (Å²) in [6.45, 7) is 2.01. The van der Waals surface area contributed by atoms with Crippen molar-refractivity contribution in [3.8, 4) is 0 Å². The summed E-state index contributed by atoms with van der Waals surface area (Å²) < 4.78 is 0. The summed E-state index contributed by atoms with van der Waals surface area (Å²) in [4.78, 5) is 12.2. The summed E-state index contributed by atoms with van der Waals surface area (Å²) in [7, 11) is 0. The van der Waals surface area contributed by atoms with Crippen LogP contribution in [-0.2, 0) is 0 Å². The molecule has 0 aliphatic heterocycles. The number of hydrogen-bond acceptors (Lipinski definition) is 5. The number of aromatic nitrogens is 3. The van der Waals surface area contributed by atoms with E-state index >= 15 is 0 Å². The molecule has 82 valence electrons. The summed E-state index contributed by atoms with van der Waals surface area (Å²) >= 11 is 0. The number of rotatable bonds is 2. The fourth-order valence-electron chi connectivity index (χ4n) is 1.54. The van der Waals surface area contributed by atoms with Gasteiger partial charge in [0.25, 0.3) is 0 Å². The van der Waals surface area contributed by atoms with Crippen molar-refractivity contribution in [3.63, 3.8) is 0 Å². The van der Waals surface area contributed by atoms with Gasteiger partial charge in [-0.1, -0.05) is 13.0 Å². The summed E-state index contributed by atoms with van der Waals surface area (Å²) in [5.74, 6) is 0.655. The normalized spacial score (nSPS) is 12.3. The first-order chi connectivity index (χ1) is 7.68. The van der Waals surface area contributed by atoms with Crippen LogP contribution in [0.2, 0.25) is 0 Å². The molecule has 0 saturated carbocycles. The molecule has 5 nitrogen and oxygen atoms in total. The van der Waals surface area contributed by atoms with Gasteiger partial charge < -0.3 is 11.5 Å². The molecule has 2 aromatic rings. The van der Waals surface area contributed by atoms with Crippen LogP contribution in [0.5, 0.6) is 0 Å². The van der Waals surface area contributed by atoms with Crippen molar-refractivity contribution in [2.75, 3.05) is 11.5 Å². The molecule has 16 heavy (non-hydrogen) atoms. The molecule has 5 heteroatoms. The largest absolute Gasteiger partial charge is 0.383 e. The first-order valence-corrected chi connectivity index (χ1v) is 4.97. The van der Waals surface area contributed by atoms with E-state index in [4.69, 9.17) is 11.5 Å². The Bertz CT molecular complexity index is 483. The van der Waals surface area contributed by atoms with Crippen LogP contribution in [0.1, 0.15) is 24.1 Å². The van der Waals surface area contributed by atoms with Crippen molar-refractivity contribution in [2.45, 2.75) is 12.8 Å². The Balaban J connectivity index is 2.38. The van der Waals surface area contributed by atoms with Crippen LogP contribution in [-0.4, -0.2) is 15.0 Å². The standard InChI is InChI=1S/C11H13N5/c1-7(9-4-2-3-5-14-9)8-6-15-11(13)16-10(8)12/h2-7H,1H3,(H4,12,13,15,16). The maximum atomic E-state index is 5.80. The zero-order chi connectivity index (χ0) is 11.5. The molecule has 1 unspecified atom stereocenters. The Kier molecular flexibility index (Phi) is 2.68. The van der Waals surface area contributed by atoms with Crippen LogP contribution in [0.4, 0.5) is 11.8 Å². The lowest BCUT2D eigenvalue weighted by Crippen LogP contribution is -2.07. The van der Waals surface area contributed by atoms with E-state index in [-0.39, 0.29) is 11.9 Å². The lowest BCUT2D eigenvalue weighted by atomic mass is 9.99. The highest BCUT2D eigenvalue weighted by atomic mass is 15.0. The van der Waals surface area contributed by atoms with Gasteiger partial charge in [-0.3, -0.25) is 4.98 Å². The predicted molar refractivity (Wildman–Crippen MR) is 62.6 cm³/mol. The molecule has 0 spiro atoms. The maximum Gasteiger partial charge on any atom is 0.221 e. The lowest BCUT2D eigenvalue weighted by molar-refractivity contribution is 0.859. The molecule has 0 aliphatic rings. The van der Waals surface area contributed by atoms with Gasteiger partial charge in [-0.15, -0.1) is 0 Å². The highest BCUT2D eigenvalue weighted by Crippen LogP contribution is 2.25. The molecular weight excluding hydrogens is 202 g/mol. The van der Waals surface area contributed by atoms with Gasteiger partial charge in [0.1, 0.15) is 5.82 Å². The molecule has 0 saturated heterocycles. The van der Waals surface area contributed by atoms with Crippen molar-refractivity contribution in [1.82, 2.24) is 15.0 Å². The van der Waals surface area contributed by atoms with Crippen LogP contribution in [0.25, 0.3) is 0 Å². The van der Waals surface area contributed by atoms with Crippen molar-refractivity contribution in [3.05, 3.63) is 41.9 Å². The SMILES string of the molecule is CC(c1ccccn1)c1cnc(N)nc1N. The predicted octanol–water partition coefficient (Wildman–Crippen LogP) is 1.19. The third-order valence-corrected chi connectivity index (χ3v) is 2.46. The highest BCUT2D eigenvalue weighted by Gasteiger charge is 2.13. The lowest BCUT2D eigenvalue weighted by Gasteiger charge is -2.12. The molecular formula is C11H13N5. The quantitative estimate of drug-likeness (QED) is 0.785. The molecule has 0 fully saturated rings. The van der Waals surface area contributed by atoms with E-state index < -0.39 is 0 Å². The van der Waals surface area contributed by atoms with Crippen LogP contribution in [0.3, 0.4) is 0 Å². The third-order valence-electron chi connectivity index (χ3n) is 2.46. The van der Waals surface area contributed by atoms with Crippen molar-refractivity contribution >= 4 is 11.8 Å². The average molecular weight is 215 g/mol. The van der Waals surface area contributed by atoms with E-state index in [1.54, 1.807) is 12.4 Å².